The smallest absolute Gasteiger partial charge is 0.150 e. The van der Waals surface area contributed by atoms with Gasteiger partial charge in [0.15, 0.2) is 0 Å². The molecule has 1 heterocycles. The Labute approximate surface area is 122 Å². The summed E-state index contributed by atoms with van der Waals surface area (Å²) in [6.07, 6.45) is 4.86. The van der Waals surface area contributed by atoms with Crippen LogP contribution in [0.5, 0.6) is 0 Å². The van der Waals surface area contributed by atoms with Crippen molar-refractivity contribution in [3.8, 4) is 0 Å². The summed E-state index contributed by atoms with van der Waals surface area (Å²) in [6.45, 7) is 4.06. The maximum absolute atomic E-state index is 11.7. The molecule has 0 N–H and O–H groups in total. The van der Waals surface area contributed by atoms with Gasteiger partial charge in [-0.15, -0.1) is 0 Å². The van der Waals surface area contributed by atoms with Gasteiger partial charge in [-0.25, -0.2) is 8.42 Å². The van der Waals surface area contributed by atoms with Gasteiger partial charge < -0.3 is 0 Å². The summed E-state index contributed by atoms with van der Waals surface area (Å²) in [5.74, 6) is 0. The van der Waals surface area contributed by atoms with Gasteiger partial charge >= 0.3 is 0 Å². The minimum absolute atomic E-state index is 0.196. The van der Waals surface area contributed by atoms with Crippen molar-refractivity contribution >= 4 is 32.4 Å². The molecular weight excluding hydrogens is 363 g/mol. The highest BCUT2D eigenvalue weighted by atomic mass is 127. The largest absolute Gasteiger partial charge is 0.265 e. The minimum Gasteiger partial charge on any atom is -0.265 e. The van der Waals surface area contributed by atoms with Crippen molar-refractivity contribution in [2.45, 2.75) is 50.8 Å². The Balaban J connectivity index is 2.26. The maximum Gasteiger partial charge on any atom is 0.150 e. The van der Waals surface area contributed by atoms with E-state index in [1.54, 1.807) is 0 Å². The third kappa shape index (κ3) is 2.74. The molecule has 2 unspecified atom stereocenters. The summed E-state index contributed by atoms with van der Waals surface area (Å²) in [5, 5.41) is 4.37. The summed E-state index contributed by atoms with van der Waals surface area (Å²) in [5.41, 5.74) is 2.20. The molecule has 6 heteroatoms. The molecule has 1 saturated carbocycles. The van der Waals surface area contributed by atoms with E-state index < -0.39 is 9.84 Å². The Morgan fingerprint density at radius 1 is 1.33 bits per heavy atom. The van der Waals surface area contributed by atoms with Crippen LogP contribution < -0.4 is 0 Å². The summed E-state index contributed by atoms with van der Waals surface area (Å²) >= 11 is 2.31. The van der Waals surface area contributed by atoms with Gasteiger partial charge in [-0.05, 0) is 55.7 Å². The topological polar surface area (TPSA) is 52.0 Å². The highest BCUT2D eigenvalue weighted by molar-refractivity contribution is 14.1. The van der Waals surface area contributed by atoms with E-state index in [0.29, 0.717) is 6.42 Å². The van der Waals surface area contributed by atoms with Gasteiger partial charge in [0.25, 0.3) is 0 Å². The summed E-state index contributed by atoms with van der Waals surface area (Å²) in [4.78, 5) is 0. The second-order valence-electron chi connectivity index (χ2n) is 5.20. The van der Waals surface area contributed by atoms with Crippen LogP contribution in [-0.2, 0) is 9.84 Å². The molecule has 1 fully saturated rings. The van der Waals surface area contributed by atoms with Gasteiger partial charge in [0.1, 0.15) is 9.84 Å². The van der Waals surface area contributed by atoms with E-state index >= 15 is 0 Å². The monoisotopic (exact) mass is 382 g/mol. The fraction of sp³-hybridized carbons (Fsp3) is 0.750. The van der Waals surface area contributed by atoms with Gasteiger partial charge in [0.2, 0.25) is 0 Å². The van der Waals surface area contributed by atoms with Crippen molar-refractivity contribution in [3.63, 3.8) is 0 Å². The van der Waals surface area contributed by atoms with Crippen molar-refractivity contribution in [1.29, 1.82) is 0 Å². The first-order valence-corrected chi connectivity index (χ1v) is 9.24. The van der Waals surface area contributed by atoms with E-state index in [1.165, 1.54) is 9.83 Å². The number of sulfone groups is 1. The first kappa shape index (κ1) is 14.3. The standard InChI is InChI=1S/C12H19IN2O2S/c1-8-12(13)9(2)15(14-8)10-5-4-6-11(7-10)18(3,16)17/h10-11H,4-7H2,1-3H3. The molecule has 102 valence electrons. The number of halogens is 1. The lowest BCUT2D eigenvalue weighted by molar-refractivity contribution is 0.324. The molecule has 1 aromatic rings. The number of rotatable bonds is 2. The van der Waals surface area contributed by atoms with Crippen molar-refractivity contribution in [1.82, 2.24) is 9.78 Å². The zero-order valence-corrected chi connectivity index (χ0v) is 14.0. The van der Waals surface area contributed by atoms with Crippen molar-refractivity contribution in [3.05, 3.63) is 15.0 Å². The van der Waals surface area contributed by atoms with E-state index in [0.717, 1.165) is 30.7 Å². The van der Waals surface area contributed by atoms with Gasteiger partial charge in [-0.2, -0.15) is 5.10 Å². The predicted molar refractivity (Wildman–Crippen MR) is 80.6 cm³/mol. The lowest BCUT2D eigenvalue weighted by Gasteiger charge is -2.29. The number of aryl methyl sites for hydroxylation is 1. The molecule has 1 aliphatic rings. The SMILES string of the molecule is Cc1nn(C2CCCC(S(C)(=O)=O)C2)c(C)c1I. The van der Waals surface area contributed by atoms with Crippen molar-refractivity contribution in [2.24, 2.45) is 0 Å². The van der Waals surface area contributed by atoms with E-state index in [1.807, 2.05) is 11.6 Å². The van der Waals surface area contributed by atoms with Gasteiger partial charge in [0.05, 0.1) is 20.6 Å². The third-order valence-electron chi connectivity index (χ3n) is 3.79. The number of nitrogens with zero attached hydrogens (tertiary/aromatic N) is 2. The van der Waals surface area contributed by atoms with Crippen molar-refractivity contribution < 1.29 is 8.42 Å². The highest BCUT2D eigenvalue weighted by Gasteiger charge is 2.31. The second-order valence-corrected chi connectivity index (χ2v) is 8.61. The normalized spacial score (nSPS) is 25.3. The lowest BCUT2D eigenvalue weighted by Crippen LogP contribution is -2.29. The number of hydrogen-bond acceptors (Lipinski definition) is 3. The fourth-order valence-electron chi connectivity index (χ4n) is 2.73. The molecule has 0 aromatic carbocycles. The van der Waals surface area contributed by atoms with Crippen LogP contribution in [0.15, 0.2) is 0 Å². The zero-order valence-electron chi connectivity index (χ0n) is 11.0. The molecule has 0 amide bonds. The molecule has 0 bridgehead atoms. The van der Waals surface area contributed by atoms with E-state index in [9.17, 15) is 8.42 Å². The summed E-state index contributed by atoms with van der Waals surface area (Å²) in [6, 6.07) is 0.237. The molecule has 4 nitrogen and oxygen atoms in total. The first-order valence-electron chi connectivity index (χ1n) is 6.20. The Morgan fingerprint density at radius 3 is 2.50 bits per heavy atom. The number of aromatic nitrogens is 2. The van der Waals surface area contributed by atoms with E-state index in [2.05, 4.69) is 34.6 Å². The van der Waals surface area contributed by atoms with E-state index in [-0.39, 0.29) is 11.3 Å². The van der Waals surface area contributed by atoms with E-state index in [4.69, 9.17) is 0 Å². The third-order valence-corrected chi connectivity index (χ3v) is 6.99. The zero-order chi connectivity index (χ0) is 13.5. The Kier molecular flexibility index (Phi) is 4.06. The van der Waals surface area contributed by atoms with Crippen LogP contribution in [0, 0.1) is 17.4 Å². The van der Waals surface area contributed by atoms with Crippen LogP contribution in [-0.4, -0.2) is 29.7 Å². The van der Waals surface area contributed by atoms with Crippen LogP contribution in [0.1, 0.15) is 43.1 Å². The molecule has 2 atom stereocenters. The molecular formula is C12H19IN2O2S. The van der Waals surface area contributed by atoms with Crippen LogP contribution >= 0.6 is 22.6 Å². The Morgan fingerprint density at radius 2 is 2.00 bits per heavy atom. The number of hydrogen-bond donors (Lipinski definition) is 0. The highest BCUT2D eigenvalue weighted by Crippen LogP contribution is 2.33. The summed E-state index contributed by atoms with van der Waals surface area (Å²) in [7, 11) is -2.93. The molecule has 2 rings (SSSR count). The first-order chi connectivity index (χ1) is 8.30. The molecule has 0 radical (unpaired) electrons. The van der Waals surface area contributed by atoms with Crippen LogP contribution in [0.2, 0.25) is 0 Å². The minimum atomic E-state index is -2.93. The molecule has 0 aliphatic heterocycles. The molecule has 1 aliphatic carbocycles. The quantitative estimate of drug-likeness (QED) is 0.739. The predicted octanol–water partition coefficient (Wildman–Crippen LogP) is 2.63. The molecule has 1 aromatic heterocycles. The van der Waals surface area contributed by atoms with Crippen LogP contribution in [0.4, 0.5) is 0 Å². The van der Waals surface area contributed by atoms with Crippen LogP contribution in [0.25, 0.3) is 0 Å². The maximum atomic E-state index is 11.7. The van der Waals surface area contributed by atoms with Gasteiger partial charge in [0, 0.05) is 11.9 Å². The fourth-order valence-corrected chi connectivity index (χ4v) is 4.25. The van der Waals surface area contributed by atoms with Crippen LogP contribution in [0.3, 0.4) is 0 Å². The second kappa shape index (κ2) is 5.11. The molecule has 0 spiro atoms. The average molecular weight is 382 g/mol. The lowest BCUT2D eigenvalue weighted by atomic mass is 9.95. The van der Waals surface area contributed by atoms with Gasteiger partial charge in [-0.1, -0.05) is 6.42 Å². The summed E-state index contributed by atoms with van der Waals surface area (Å²) < 4.78 is 26.6. The van der Waals surface area contributed by atoms with Gasteiger partial charge in [-0.3, -0.25) is 4.68 Å². The molecule has 18 heavy (non-hydrogen) atoms. The average Bonchev–Trinajstić information content (AvgIpc) is 2.56. The Bertz CT molecular complexity index is 551. The van der Waals surface area contributed by atoms with Crippen molar-refractivity contribution in [2.75, 3.05) is 6.26 Å². The Hall–Kier alpha value is -0.110. The molecule has 0 saturated heterocycles.